The summed E-state index contributed by atoms with van der Waals surface area (Å²) in [7, 11) is 0. The van der Waals surface area contributed by atoms with Crippen LogP contribution >= 0.6 is 11.6 Å². The molecule has 0 saturated heterocycles. The number of hydrogen-bond donors (Lipinski definition) is 0. The van der Waals surface area contributed by atoms with Crippen LogP contribution in [0.3, 0.4) is 0 Å². The molecule has 0 bridgehead atoms. The van der Waals surface area contributed by atoms with Crippen molar-refractivity contribution >= 4 is 17.2 Å². The van der Waals surface area contributed by atoms with Gasteiger partial charge in [-0.15, -0.1) is 0 Å². The highest BCUT2D eigenvalue weighted by atomic mass is 35.5. The van der Waals surface area contributed by atoms with E-state index >= 15 is 0 Å². The van der Waals surface area contributed by atoms with Crippen molar-refractivity contribution in [1.29, 1.82) is 0 Å². The number of fused-ring (bicyclic) bond motifs is 1. The molecule has 0 atom stereocenters. The van der Waals surface area contributed by atoms with Crippen molar-refractivity contribution in [3.8, 4) is 0 Å². The molecule has 0 N–H and O–H groups in total. The number of hydrogen-bond acceptors (Lipinski definition) is 3. The van der Waals surface area contributed by atoms with Crippen LogP contribution in [0, 0.1) is 0 Å². The first kappa shape index (κ1) is 14.6. The minimum atomic E-state index is -4.58. The minimum absolute atomic E-state index is 0.129. The summed E-state index contributed by atoms with van der Waals surface area (Å²) in [5, 5.41) is 3.22. The average molecular weight is 329 g/mol. The van der Waals surface area contributed by atoms with E-state index in [0.717, 1.165) is 10.7 Å². The minimum Gasteiger partial charge on any atom is -0.269 e. The van der Waals surface area contributed by atoms with Crippen LogP contribution in [0.5, 0.6) is 0 Å². The van der Waals surface area contributed by atoms with E-state index in [9.17, 15) is 18.0 Å². The molecule has 114 valence electrons. The summed E-state index contributed by atoms with van der Waals surface area (Å²) >= 11 is 5.75. The molecule has 0 spiro atoms. The first-order valence-electron chi connectivity index (χ1n) is 6.12. The first-order valence-corrected chi connectivity index (χ1v) is 6.50. The van der Waals surface area contributed by atoms with Crippen LogP contribution in [0.2, 0.25) is 5.15 Å². The van der Waals surface area contributed by atoms with Crippen LogP contribution in [-0.4, -0.2) is 19.2 Å². The Kier molecular flexibility index (Phi) is 3.40. The van der Waals surface area contributed by atoms with Gasteiger partial charge in [-0.1, -0.05) is 17.7 Å². The van der Waals surface area contributed by atoms with Gasteiger partial charge in [-0.2, -0.15) is 18.3 Å². The lowest BCUT2D eigenvalue weighted by atomic mass is 10.3. The van der Waals surface area contributed by atoms with Crippen molar-refractivity contribution < 1.29 is 13.2 Å². The largest absolute Gasteiger partial charge is 0.435 e. The van der Waals surface area contributed by atoms with Crippen LogP contribution in [-0.2, 0) is 12.7 Å². The van der Waals surface area contributed by atoms with Gasteiger partial charge in [-0.05, 0) is 12.1 Å². The molecule has 22 heavy (non-hydrogen) atoms. The molecule has 0 aliphatic heterocycles. The van der Waals surface area contributed by atoms with E-state index in [1.807, 2.05) is 0 Å². The molecule has 0 saturated carbocycles. The highest BCUT2D eigenvalue weighted by molar-refractivity contribution is 6.29. The SMILES string of the molecule is O=c1cc(Cn2nc(C(F)(F)F)cc2Cl)nc2ccccn12. The Morgan fingerprint density at radius 1 is 1.23 bits per heavy atom. The second-order valence-electron chi connectivity index (χ2n) is 4.52. The van der Waals surface area contributed by atoms with Gasteiger partial charge in [0.2, 0.25) is 0 Å². The van der Waals surface area contributed by atoms with Crippen LogP contribution in [0.4, 0.5) is 13.2 Å². The number of nitrogens with zero attached hydrogens (tertiary/aromatic N) is 4. The molecule has 5 nitrogen and oxygen atoms in total. The summed E-state index contributed by atoms with van der Waals surface area (Å²) < 4.78 is 40.0. The predicted molar refractivity (Wildman–Crippen MR) is 72.8 cm³/mol. The van der Waals surface area contributed by atoms with Gasteiger partial charge in [0.25, 0.3) is 5.56 Å². The van der Waals surface area contributed by atoms with E-state index < -0.39 is 11.9 Å². The number of alkyl halides is 3. The molecular weight excluding hydrogens is 321 g/mol. The Hall–Kier alpha value is -2.35. The summed E-state index contributed by atoms with van der Waals surface area (Å²) in [5.74, 6) is 0. The quantitative estimate of drug-likeness (QED) is 0.726. The van der Waals surface area contributed by atoms with E-state index in [0.29, 0.717) is 5.65 Å². The van der Waals surface area contributed by atoms with E-state index in [2.05, 4.69) is 10.1 Å². The fourth-order valence-electron chi connectivity index (χ4n) is 1.98. The third kappa shape index (κ3) is 2.69. The number of aromatic nitrogens is 4. The predicted octanol–water partition coefficient (Wildman–Crippen LogP) is 2.61. The Morgan fingerprint density at radius 2 is 2.00 bits per heavy atom. The topological polar surface area (TPSA) is 52.2 Å². The van der Waals surface area contributed by atoms with Gasteiger partial charge in [0.05, 0.1) is 12.2 Å². The molecule has 3 rings (SSSR count). The van der Waals surface area contributed by atoms with Gasteiger partial charge in [0.15, 0.2) is 5.69 Å². The zero-order chi connectivity index (χ0) is 15.9. The standard InChI is InChI=1S/C13H8ClF3N4O/c14-10-6-9(13(15,16)17)19-21(10)7-8-5-12(22)20-4-2-1-3-11(20)18-8/h1-6H,7H2. The molecule has 0 unspecified atom stereocenters. The van der Waals surface area contributed by atoms with Crippen LogP contribution < -0.4 is 5.56 Å². The van der Waals surface area contributed by atoms with Gasteiger partial charge in [-0.25, -0.2) is 9.67 Å². The Bertz CT molecular complexity index is 900. The highest BCUT2D eigenvalue weighted by Gasteiger charge is 2.34. The van der Waals surface area contributed by atoms with Gasteiger partial charge in [-0.3, -0.25) is 9.20 Å². The van der Waals surface area contributed by atoms with E-state index in [4.69, 9.17) is 11.6 Å². The average Bonchev–Trinajstić information content (AvgIpc) is 2.80. The summed E-state index contributed by atoms with van der Waals surface area (Å²) in [4.78, 5) is 16.1. The lowest BCUT2D eigenvalue weighted by Gasteiger charge is -2.05. The Morgan fingerprint density at radius 3 is 2.68 bits per heavy atom. The number of halogens is 4. The van der Waals surface area contributed by atoms with Crippen molar-refractivity contribution in [2.75, 3.05) is 0 Å². The van der Waals surface area contributed by atoms with Crippen molar-refractivity contribution in [1.82, 2.24) is 19.2 Å². The monoisotopic (exact) mass is 328 g/mol. The summed E-state index contributed by atoms with van der Waals surface area (Å²) in [6, 6.07) is 6.97. The molecule has 3 heterocycles. The zero-order valence-corrected chi connectivity index (χ0v) is 11.6. The Balaban J connectivity index is 2.00. The van der Waals surface area contributed by atoms with Crippen molar-refractivity contribution in [3.63, 3.8) is 0 Å². The lowest BCUT2D eigenvalue weighted by molar-refractivity contribution is -0.141. The molecule has 3 aromatic heterocycles. The zero-order valence-electron chi connectivity index (χ0n) is 10.9. The summed E-state index contributed by atoms with van der Waals surface area (Å²) in [6.07, 6.45) is -3.03. The third-order valence-corrected chi connectivity index (χ3v) is 3.26. The maximum absolute atomic E-state index is 12.6. The van der Waals surface area contributed by atoms with Gasteiger partial charge in [0.1, 0.15) is 10.8 Å². The molecule has 0 fully saturated rings. The van der Waals surface area contributed by atoms with Crippen molar-refractivity contribution in [2.45, 2.75) is 12.7 Å². The lowest BCUT2D eigenvalue weighted by Crippen LogP contribution is -2.17. The molecular formula is C13H8ClF3N4O. The van der Waals surface area contributed by atoms with Crippen LogP contribution in [0.1, 0.15) is 11.4 Å². The van der Waals surface area contributed by atoms with E-state index in [1.54, 1.807) is 24.4 Å². The fourth-order valence-corrected chi connectivity index (χ4v) is 2.18. The summed E-state index contributed by atoms with van der Waals surface area (Å²) in [5.41, 5.74) is -0.755. The summed E-state index contributed by atoms with van der Waals surface area (Å²) in [6.45, 7) is -0.129. The van der Waals surface area contributed by atoms with Crippen LogP contribution in [0.25, 0.3) is 5.65 Å². The molecule has 9 heteroatoms. The Labute approximate surface area is 126 Å². The van der Waals surface area contributed by atoms with Crippen molar-refractivity contribution in [2.24, 2.45) is 0 Å². The van der Waals surface area contributed by atoms with E-state index in [-0.39, 0.29) is 23.0 Å². The second-order valence-corrected chi connectivity index (χ2v) is 4.91. The van der Waals surface area contributed by atoms with E-state index in [1.165, 1.54) is 10.5 Å². The fraction of sp³-hybridized carbons (Fsp3) is 0.154. The normalized spacial score (nSPS) is 12.0. The first-order chi connectivity index (χ1) is 10.3. The second kappa shape index (κ2) is 5.13. The highest BCUT2D eigenvalue weighted by Crippen LogP contribution is 2.29. The molecule has 0 aliphatic carbocycles. The molecule has 0 aliphatic rings. The van der Waals surface area contributed by atoms with Crippen molar-refractivity contribution in [3.05, 3.63) is 63.4 Å². The van der Waals surface area contributed by atoms with Gasteiger partial charge < -0.3 is 0 Å². The molecule has 3 aromatic rings. The maximum Gasteiger partial charge on any atom is 0.435 e. The molecule has 0 amide bonds. The number of rotatable bonds is 2. The van der Waals surface area contributed by atoms with Gasteiger partial charge >= 0.3 is 6.18 Å². The maximum atomic E-state index is 12.6. The number of pyridine rings is 1. The molecule has 0 aromatic carbocycles. The van der Waals surface area contributed by atoms with Crippen LogP contribution in [0.15, 0.2) is 41.3 Å². The third-order valence-electron chi connectivity index (χ3n) is 2.96. The molecule has 0 radical (unpaired) electrons. The van der Waals surface area contributed by atoms with Gasteiger partial charge in [0, 0.05) is 18.3 Å². The smallest absolute Gasteiger partial charge is 0.269 e.